The second-order valence-electron chi connectivity index (χ2n) is 1.42. The second kappa shape index (κ2) is 9.64. The zero-order valence-electron chi connectivity index (χ0n) is 6.28. The molecule has 0 atom stereocenters. The van der Waals surface area contributed by atoms with E-state index in [0.29, 0.717) is 0 Å². The summed E-state index contributed by atoms with van der Waals surface area (Å²) < 4.78 is 0. The number of hydrogen-bond donors (Lipinski definition) is 9. The summed E-state index contributed by atoms with van der Waals surface area (Å²) in [5.74, 6) is 4.85. The molecule has 0 aliphatic heterocycles. The smallest absolute Gasteiger partial charge is 0.00850 e. The minimum Gasteiger partial charge on any atom is -0.257 e. The SMILES string of the molecule is CCNNNNNNNNN. The Kier molecular flexibility index (Phi) is 9.32. The fourth-order valence-electron chi connectivity index (χ4n) is 0.294. The fraction of sp³-hybridized carbons (Fsp3) is 1.00. The Morgan fingerprint density at radius 2 is 1.45 bits per heavy atom. The maximum atomic E-state index is 4.85. The van der Waals surface area contributed by atoms with E-state index in [1.165, 1.54) is 0 Å². The number of hydrogen-bond acceptors (Lipinski definition) is 9. The van der Waals surface area contributed by atoms with E-state index in [1.807, 2.05) is 6.92 Å². The fourth-order valence-corrected chi connectivity index (χ4v) is 0.294. The van der Waals surface area contributed by atoms with Crippen molar-refractivity contribution in [2.75, 3.05) is 6.54 Å². The van der Waals surface area contributed by atoms with Gasteiger partial charge in [0.1, 0.15) is 0 Å². The molecule has 0 amide bonds. The van der Waals surface area contributed by atoms with E-state index in [9.17, 15) is 0 Å². The molecule has 10 N–H and O–H groups in total. The van der Waals surface area contributed by atoms with Crippen LogP contribution >= 0.6 is 0 Å². The van der Waals surface area contributed by atoms with Gasteiger partial charge in [-0.25, -0.2) is 5.43 Å². The molecule has 0 aliphatic rings. The van der Waals surface area contributed by atoms with Crippen molar-refractivity contribution in [3.05, 3.63) is 0 Å². The highest BCUT2D eigenvalue weighted by atomic mass is 15.9. The Labute approximate surface area is 64.6 Å². The lowest BCUT2D eigenvalue weighted by Crippen LogP contribution is -2.63. The summed E-state index contributed by atoms with van der Waals surface area (Å²) in [6, 6.07) is 0. The quantitative estimate of drug-likeness (QED) is 0.101. The summed E-state index contributed by atoms with van der Waals surface area (Å²) in [5.41, 5.74) is 19.9. The Morgan fingerprint density at radius 1 is 0.909 bits per heavy atom. The Hall–Kier alpha value is -0.360. The van der Waals surface area contributed by atoms with Gasteiger partial charge in [-0.2, -0.15) is 38.7 Å². The molecular weight excluding hydrogens is 150 g/mol. The summed E-state index contributed by atoms with van der Waals surface area (Å²) in [6.45, 7) is 2.77. The molecule has 68 valence electrons. The zero-order valence-corrected chi connectivity index (χ0v) is 6.28. The largest absolute Gasteiger partial charge is 0.257 e. The molecule has 0 saturated carbocycles. The first-order valence-corrected chi connectivity index (χ1v) is 3.10. The number of nitrogens with one attached hydrogen (secondary N) is 8. The molecule has 11 heavy (non-hydrogen) atoms. The second-order valence-corrected chi connectivity index (χ2v) is 1.42. The Bertz CT molecular complexity index is 56.6. The van der Waals surface area contributed by atoms with E-state index >= 15 is 0 Å². The number of hydrazine groups is 8. The maximum Gasteiger partial charge on any atom is 0.00850 e. The lowest BCUT2D eigenvalue weighted by Gasteiger charge is -2.10. The summed E-state index contributed by atoms with van der Waals surface area (Å²) in [4.78, 5) is 0. The molecule has 0 aromatic heterocycles. The van der Waals surface area contributed by atoms with Gasteiger partial charge in [0.2, 0.25) is 0 Å². The molecule has 0 aromatic carbocycles. The normalized spacial score (nSPS) is 10.4. The van der Waals surface area contributed by atoms with Gasteiger partial charge in [-0.1, -0.05) is 6.92 Å². The monoisotopic (exact) mass is 165 g/mol. The van der Waals surface area contributed by atoms with Crippen LogP contribution in [0.2, 0.25) is 0 Å². The average Bonchev–Trinajstić information content (AvgIpc) is 2.03. The third-order valence-corrected chi connectivity index (χ3v) is 0.650. The average molecular weight is 165 g/mol. The topological polar surface area (TPSA) is 122 Å². The van der Waals surface area contributed by atoms with Crippen LogP contribution in [-0.2, 0) is 0 Å². The lowest BCUT2D eigenvalue weighted by molar-refractivity contribution is 0.258. The lowest BCUT2D eigenvalue weighted by atomic mass is 10.8. The predicted molar refractivity (Wildman–Crippen MR) is 39.8 cm³/mol. The molecule has 9 nitrogen and oxygen atoms in total. The van der Waals surface area contributed by atoms with Crippen molar-refractivity contribution in [3.63, 3.8) is 0 Å². The Morgan fingerprint density at radius 3 is 2.00 bits per heavy atom. The van der Waals surface area contributed by atoms with Gasteiger partial charge in [0.05, 0.1) is 0 Å². The standard InChI is InChI=1S/C2H15N9/c1-2-4-6-8-10-11-9-7-5-3/h4-11H,2-3H2,1H3. The van der Waals surface area contributed by atoms with Crippen molar-refractivity contribution in [2.45, 2.75) is 6.92 Å². The van der Waals surface area contributed by atoms with Crippen LogP contribution in [0.3, 0.4) is 0 Å². The molecule has 9 heteroatoms. The zero-order chi connectivity index (χ0) is 8.36. The van der Waals surface area contributed by atoms with Gasteiger partial charge in [0, 0.05) is 6.54 Å². The van der Waals surface area contributed by atoms with Crippen LogP contribution in [-0.4, -0.2) is 6.54 Å². The van der Waals surface area contributed by atoms with Crippen molar-refractivity contribution >= 4 is 0 Å². The van der Waals surface area contributed by atoms with Gasteiger partial charge in [-0.05, 0) is 0 Å². The van der Waals surface area contributed by atoms with E-state index in [1.54, 1.807) is 0 Å². The number of nitrogens with two attached hydrogens (primary N) is 1. The van der Waals surface area contributed by atoms with E-state index in [4.69, 9.17) is 5.84 Å². The first kappa shape index (κ1) is 10.6. The highest BCUT2D eigenvalue weighted by Crippen LogP contribution is 1.37. The third-order valence-electron chi connectivity index (χ3n) is 0.650. The molecule has 0 radical (unpaired) electrons. The van der Waals surface area contributed by atoms with Crippen LogP contribution in [0.25, 0.3) is 0 Å². The third kappa shape index (κ3) is 9.64. The van der Waals surface area contributed by atoms with E-state index in [2.05, 4.69) is 44.2 Å². The van der Waals surface area contributed by atoms with E-state index in [0.717, 1.165) is 6.54 Å². The van der Waals surface area contributed by atoms with Gasteiger partial charge in [0.25, 0.3) is 0 Å². The molecule has 0 unspecified atom stereocenters. The van der Waals surface area contributed by atoms with Crippen LogP contribution in [0.5, 0.6) is 0 Å². The summed E-state index contributed by atoms with van der Waals surface area (Å²) in [5, 5.41) is 0. The molecule has 0 fully saturated rings. The first-order valence-electron chi connectivity index (χ1n) is 3.10. The van der Waals surface area contributed by atoms with Gasteiger partial charge in [-0.3, -0.25) is 5.84 Å². The highest BCUT2D eigenvalue weighted by molar-refractivity contribution is 4.20. The van der Waals surface area contributed by atoms with Crippen LogP contribution in [0, 0.1) is 0 Å². The highest BCUT2D eigenvalue weighted by Gasteiger charge is 1.77. The van der Waals surface area contributed by atoms with Crippen LogP contribution in [0.1, 0.15) is 6.92 Å². The van der Waals surface area contributed by atoms with Crippen LogP contribution in [0.4, 0.5) is 0 Å². The molecule has 0 spiro atoms. The van der Waals surface area contributed by atoms with Gasteiger partial charge >= 0.3 is 0 Å². The summed E-state index contributed by atoms with van der Waals surface area (Å²) in [6.07, 6.45) is 0. The van der Waals surface area contributed by atoms with E-state index < -0.39 is 0 Å². The van der Waals surface area contributed by atoms with Crippen molar-refractivity contribution in [1.29, 1.82) is 0 Å². The van der Waals surface area contributed by atoms with Gasteiger partial charge in [-0.15, -0.1) is 0 Å². The molecule has 0 rings (SSSR count). The van der Waals surface area contributed by atoms with Gasteiger partial charge in [0.15, 0.2) is 0 Å². The molecule has 0 saturated heterocycles. The molecule has 0 aliphatic carbocycles. The minimum atomic E-state index is 0.810. The van der Waals surface area contributed by atoms with Gasteiger partial charge < -0.3 is 0 Å². The van der Waals surface area contributed by atoms with Crippen LogP contribution in [0.15, 0.2) is 0 Å². The summed E-state index contributed by atoms with van der Waals surface area (Å²) in [7, 11) is 0. The van der Waals surface area contributed by atoms with E-state index in [-0.39, 0.29) is 0 Å². The minimum absolute atomic E-state index is 0.810. The Balaban J connectivity index is 2.69. The number of rotatable bonds is 8. The summed E-state index contributed by atoms with van der Waals surface area (Å²) >= 11 is 0. The van der Waals surface area contributed by atoms with Crippen molar-refractivity contribution in [2.24, 2.45) is 5.84 Å². The molecule has 0 heterocycles. The molecule has 0 bridgehead atoms. The van der Waals surface area contributed by atoms with Crippen molar-refractivity contribution in [1.82, 2.24) is 44.2 Å². The van der Waals surface area contributed by atoms with Crippen molar-refractivity contribution < 1.29 is 0 Å². The van der Waals surface area contributed by atoms with Crippen LogP contribution < -0.4 is 50.0 Å². The van der Waals surface area contributed by atoms with Crippen molar-refractivity contribution in [3.8, 4) is 0 Å². The molecular formula is C2H15N9. The first-order chi connectivity index (χ1) is 5.41. The predicted octanol–water partition coefficient (Wildman–Crippen LogP) is -4.00. The maximum absolute atomic E-state index is 4.85. The molecule has 0 aromatic rings.